The fourth-order valence-electron chi connectivity index (χ4n) is 3.33. The van der Waals surface area contributed by atoms with Crippen molar-refractivity contribution in [1.29, 1.82) is 0 Å². The van der Waals surface area contributed by atoms with Gasteiger partial charge in [0.15, 0.2) is 0 Å². The summed E-state index contributed by atoms with van der Waals surface area (Å²) >= 11 is 1.82. The van der Waals surface area contributed by atoms with Crippen LogP contribution in [-0.4, -0.2) is 14.2 Å². The largest absolute Gasteiger partial charge is 0.497 e. The Hall–Kier alpha value is -1.39. The van der Waals surface area contributed by atoms with E-state index in [2.05, 4.69) is 16.8 Å². The number of hydrogen-bond acceptors (Lipinski definition) is 3. The van der Waals surface area contributed by atoms with Gasteiger partial charge in [0.2, 0.25) is 0 Å². The van der Waals surface area contributed by atoms with E-state index in [1.165, 1.54) is 22.9 Å². The van der Waals surface area contributed by atoms with Gasteiger partial charge in [0.05, 0.1) is 7.11 Å². The van der Waals surface area contributed by atoms with Crippen molar-refractivity contribution in [3.05, 3.63) is 51.5 Å². The molecule has 2 aromatic rings. The molecule has 0 fully saturated rings. The summed E-state index contributed by atoms with van der Waals surface area (Å²) in [5, 5.41) is 5.47. The van der Waals surface area contributed by atoms with Crippen molar-refractivity contribution in [1.82, 2.24) is 5.32 Å². The molecule has 0 spiro atoms. The SMILES string of the molecule is CNC(c1ccc(OC)cc1F)C1CCCc2sccc21. The summed E-state index contributed by atoms with van der Waals surface area (Å²) in [5.74, 6) is 0.704. The summed E-state index contributed by atoms with van der Waals surface area (Å²) in [7, 11) is 3.47. The second kappa shape index (κ2) is 6.16. The summed E-state index contributed by atoms with van der Waals surface area (Å²) < 4.78 is 19.5. The Morgan fingerprint density at radius 3 is 2.95 bits per heavy atom. The summed E-state index contributed by atoms with van der Waals surface area (Å²) in [4.78, 5) is 1.46. The van der Waals surface area contributed by atoms with Gasteiger partial charge in [0.1, 0.15) is 11.6 Å². The Kier molecular flexibility index (Phi) is 4.27. The van der Waals surface area contributed by atoms with Crippen molar-refractivity contribution in [3.63, 3.8) is 0 Å². The minimum absolute atomic E-state index is 0.00422. The summed E-state index contributed by atoms with van der Waals surface area (Å²) in [5.41, 5.74) is 2.11. The fraction of sp³-hybridized carbons (Fsp3) is 0.412. The number of aryl methyl sites for hydroxylation is 1. The third-order valence-electron chi connectivity index (χ3n) is 4.35. The Morgan fingerprint density at radius 1 is 1.38 bits per heavy atom. The van der Waals surface area contributed by atoms with E-state index in [1.807, 2.05) is 30.5 Å². The van der Waals surface area contributed by atoms with Crippen LogP contribution in [0, 0.1) is 5.82 Å². The zero-order valence-electron chi connectivity index (χ0n) is 12.4. The molecule has 1 N–H and O–H groups in total. The van der Waals surface area contributed by atoms with Crippen molar-refractivity contribution in [2.75, 3.05) is 14.2 Å². The van der Waals surface area contributed by atoms with Crippen LogP contribution in [0.15, 0.2) is 29.6 Å². The average molecular weight is 305 g/mol. The van der Waals surface area contributed by atoms with Crippen LogP contribution in [0.2, 0.25) is 0 Å². The number of benzene rings is 1. The van der Waals surface area contributed by atoms with Gasteiger partial charge in [0, 0.05) is 28.5 Å². The van der Waals surface area contributed by atoms with Crippen LogP contribution >= 0.6 is 11.3 Å². The predicted molar refractivity (Wildman–Crippen MR) is 84.8 cm³/mol. The number of fused-ring (bicyclic) bond motifs is 1. The van der Waals surface area contributed by atoms with E-state index in [9.17, 15) is 4.39 Å². The molecule has 0 amide bonds. The van der Waals surface area contributed by atoms with Crippen LogP contribution in [0.25, 0.3) is 0 Å². The molecule has 0 saturated heterocycles. The quantitative estimate of drug-likeness (QED) is 0.910. The molecular formula is C17H20FNOS. The first-order chi connectivity index (χ1) is 10.2. The molecule has 0 saturated carbocycles. The summed E-state index contributed by atoms with van der Waals surface area (Å²) in [6.45, 7) is 0. The molecule has 0 bridgehead atoms. The van der Waals surface area contributed by atoms with E-state index in [0.717, 1.165) is 18.4 Å². The second-order valence-electron chi connectivity index (χ2n) is 5.45. The van der Waals surface area contributed by atoms with Crippen LogP contribution in [-0.2, 0) is 6.42 Å². The van der Waals surface area contributed by atoms with Gasteiger partial charge in [-0.15, -0.1) is 11.3 Å². The maximum Gasteiger partial charge on any atom is 0.131 e. The molecule has 2 atom stereocenters. The van der Waals surface area contributed by atoms with Gasteiger partial charge >= 0.3 is 0 Å². The summed E-state index contributed by atoms with van der Waals surface area (Å²) in [6, 6.07) is 7.35. The van der Waals surface area contributed by atoms with Crippen molar-refractivity contribution >= 4 is 11.3 Å². The molecule has 1 aliphatic carbocycles. The van der Waals surface area contributed by atoms with Gasteiger partial charge in [-0.1, -0.05) is 6.07 Å². The summed E-state index contributed by atoms with van der Waals surface area (Å²) in [6.07, 6.45) is 3.43. The van der Waals surface area contributed by atoms with Gasteiger partial charge < -0.3 is 10.1 Å². The van der Waals surface area contributed by atoms with Crippen molar-refractivity contribution < 1.29 is 9.13 Å². The molecule has 1 heterocycles. The van der Waals surface area contributed by atoms with Crippen LogP contribution < -0.4 is 10.1 Å². The van der Waals surface area contributed by atoms with Crippen LogP contribution in [0.1, 0.15) is 40.8 Å². The molecule has 2 unspecified atom stereocenters. The lowest BCUT2D eigenvalue weighted by Crippen LogP contribution is -2.27. The lowest BCUT2D eigenvalue weighted by atomic mass is 9.80. The van der Waals surface area contributed by atoms with Gasteiger partial charge in [-0.25, -0.2) is 4.39 Å². The lowest BCUT2D eigenvalue weighted by Gasteiger charge is -2.31. The molecule has 3 rings (SSSR count). The van der Waals surface area contributed by atoms with Gasteiger partial charge in [-0.2, -0.15) is 0 Å². The van der Waals surface area contributed by atoms with Crippen LogP contribution in [0.3, 0.4) is 0 Å². The lowest BCUT2D eigenvalue weighted by molar-refractivity contribution is 0.399. The minimum Gasteiger partial charge on any atom is -0.497 e. The van der Waals surface area contributed by atoms with E-state index in [4.69, 9.17) is 4.74 Å². The Balaban J connectivity index is 1.97. The van der Waals surface area contributed by atoms with Crippen molar-refractivity contribution in [2.24, 2.45) is 0 Å². The third kappa shape index (κ3) is 2.70. The second-order valence-corrected chi connectivity index (χ2v) is 6.45. The molecule has 21 heavy (non-hydrogen) atoms. The number of likely N-dealkylation sites (N-methyl/N-ethyl adjacent to an activating group) is 1. The number of rotatable bonds is 4. The first-order valence-electron chi connectivity index (χ1n) is 7.31. The first-order valence-corrected chi connectivity index (χ1v) is 8.19. The smallest absolute Gasteiger partial charge is 0.131 e. The number of thiophene rings is 1. The van der Waals surface area contributed by atoms with E-state index in [0.29, 0.717) is 11.7 Å². The van der Waals surface area contributed by atoms with Gasteiger partial charge in [-0.05, 0) is 49.4 Å². The highest BCUT2D eigenvalue weighted by Crippen LogP contribution is 2.43. The minimum atomic E-state index is -0.198. The molecule has 1 aliphatic rings. The molecule has 1 aromatic heterocycles. The molecule has 0 radical (unpaired) electrons. The maximum absolute atomic E-state index is 14.4. The number of hydrogen-bond donors (Lipinski definition) is 1. The standard InChI is InChI=1S/C17H20FNOS/c1-19-17(14-7-6-11(20-2)10-15(14)18)13-4-3-5-16-12(13)8-9-21-16/h6-10,13,17,19H,3-5H2,1-2H3. The molecule has 0 aliphatic heterocycles. The highest BCUT2D eigenvalue weighted by molar-refractivity contribution is 7.10. The monoisotopic (exact) mass is 305 g/mol. The highest BCUT2D eigenvalue weighted by Gasteiger charge is 2.30. The average Bonchev–Trinajstić information content (AvgIpc) is 2.98. The van der Waals surface area contributed by atoms with E-state index < -0.39 is 0 Å². The van der Waals surface area contributed by atoms with Gasteiger partial charge in [0.25, 0.3) is 0 Å². The first kappa shape index (κ1) is 14.5. The van der Waals surface area contributed by atoms with Gasteiger partial charge in [-0.3, -0.25) is 0 Å². The number of methoxy groups -OCH3 is 1. The third-order valence-corrected chi connectivity index (χ3v) is 5.35. The molecular weight excluding hydrogens is 285 g/mol. The van der Waals surface area contributed by atoms with Crippen LogP contribution in [0.5, 0.6) is 5.75 Å². The molecule has 112 valence electrons. The Morgan fingerprint density at radius 2 is 2.24 bits per heavy atom. The van der Waals surface area contributed by atoms with E-state index >= 15 is 0 Å². The number of ether oxygens (including phenoxy) is 1. The van der Waals surface area contributed by atoms with Crippen LogP contribution in [0.4, 0.5) is 4.39 Å². The topological polar surface area (TPSA) is 21.3 Å². The zero-order valence-corrected chi connectivity index (χ0v) is 13.2. The predicted octanol–water partition coefficient (Wildman–Crippen LogP) is 4.28. The van der Waals surface area contributed by atoms with Crippen molar-refractivity contribution in [2.45, 2.75) is 31.2 Å². The number of nitrogens with one attached hydrogen (secondary N) is 1. The highest BCUT2D eigenvalue weighted by atomic mass is 32.1. The number of halogens is 1. The molecule has 4 heteroatoms. The maximum atomic E-state index is 14.4. The fourth-order valence-corrected chi connectivity index (χ4v) is 4.33. The molecule has 2 nitrogen and oxygen atoms in total. The van der Waals surface area contributed by atoms with E-state index in [1.54, 1.807) is 7.11 Å². The Bertz CT molecular complexity index is 625. The van der Waals surface area contributed by atoms with E-state index in [-0.39, 0.29) is 11.9 Å². The normalized spacial score (nSPS) is 19.1. The molecule has 1 aromatic carbocycles. The van der Waals surface area contributed by atoms with Crippen molar-refractivity contribution in [3.8, 4) is 5.75 Å². The Labute approximate surface area is 129 Å². The zero-order chi connectivity index (χ0) is 14.8.